The lowest BCUT2D eigenvalue weighted by atomic mass is 10.0. The van der Waals surface area contributed by atoms with Crippen LogP contribution in [-0.2, 0) is 0 Å². The number of aliphatic hydroxyl groups is 1. The smallest absolute Gasteiger partial charge is 0.254 e. The predicted molar refractivity (Wildman–Crippen MR) is 106 cm³/mol. The summed E-state index contributed by atoms with van der Waals surface area (Å²) in [6, 6.07) is 17.4. The first-order valence-electron chi connectivity index (χ1n) is 8.75. The van der Waals surface area contributed by atoms with Crippen molar-refractivity contribution in [3.63, 3.8) is 0 Å². The number of carbonyl (C=O) groups excluding carboxylic acids is 1. The topological polar surface area (TPSA) is 53.4 Å². The highest BCUT2D eigenvalue weighted by atomic mass is 79.9. The number of benzene rings is 2. The lowest BCUT2D eigenvalue weighted by molar-refractivity contribution is 0.0679. The first kappa shape index (κ1) is 17.2. The first-order chi connectivity index (χ1) is 12.7. The maximum absolute atomic E-state index is 13.3. The number of para-hydroxylation sites is 1. The van der Waals surface area contributed by atoms with Crippen LogP contribution in [0.15, 0.2) is 59.1 Å². The number of likely N-dealkylation sites (tertiary alicyclic amines) is 1. The lowest BCUT2D eigenvalue weighted by Crippen LogP contribution is -2.37. The van der Waals surface area contributed by atoms with Crippen LogP contribution in [0.5, 0.6) is 0 Å². The molecule has 0 radical (unpaired) electrons. The van der Waals surface area contributed by atoms with Gasteiger partial charge < -0.3 is 10.0 Å². The molecule has 0 spiro atoms. The molecule has 4 rings (SSSR count). The number of amides is 1. The molecular weight excluding hydrogens is 392 g/mol. The molecule has 26 heavy (non-hydrogen) atoms. The number of fused-ring (bicyclic) bond motifs is 1. The van der Waals surface area contributed by atoms with Crippen LogP contribution in [-0.4, -0.2) is 40.1 Å². The fraction of sp³-hybridized carbons (Fsp3) is 0.238. The van der Waals surface area contributed by atoms with Crippen LogP contribution in [0.3, 0.4) is 0 Å². The van der Waals surface area contributed by atoms with E-state index in [-0.39, 0.29) is 18.6 Å². The molecule has 0 aliphatic carbocycles. The standard InChI is InChI=1S/C21H19BrN2O2/c22-18-10-4-9-16-17(21(26)24-11-5-8-15(24)13-25)12-19(23-20(16)18)14-6-2-1-3-7-14/h1-4,6-7,9-10,12,15,25H,5,8,11,13H2. The SMILES string of the molecule is O=C(c1cc(-c2ccccc2)nc2c(Br)cccc12)N1CCCC1CO. The Hall–Kier alpha value is -2.24. The van der Waals surface area contributed by atoms with E-state index in [0.29, 0.717) is 12.1 Å². The Morgan fingerprint density at radius 3 is 2.77 bits per heavy atom. The average Bonchev–Trinajstić information content (AvgIpc) is 3.16. The fourth-order valence-electron chi connectivity index (χ4n) is 3.59. The first-order valence-corrected chi connectivity index (χ1v) is 9.55. The van der Waals surface area contributed by atoms with Crippen molar-refractivity contribution in [3.05, 3.63) is 64.6 Å². The van der Waals surface area contributed by atoms with Gasteiger partial charge in [0.05, 0.1) is 29.4 Å². The Balaban J connectivity index is 1.90. The third-order valence-electron chi connectivity index (χ3n) is 4.94. The predicted octanol–water partition coefficient (Wildman–Crippen LogP) is 4.26. The lowest BCUT2D eigenvalue weighted by Gasteiger charge is -2.24. The number of aliphatic hydroxyl groups excluding tert-OH is 1. The van der Waals surface area contributed by atoms with E-state index in [2.05, 4.69) is 15.9 Å². The summed E-state index contributed by atoms with van der Waals surface area (Å²) in [5.74, 6) is -0.0377. The van der Waals surface area contributed by atoms with Crippen LogP contribution < -0.4 is 0 Å². The Bertz CT molecular complexity index is 959. The molecule has 2 aromatic carbocycles. The van der Waals surface area contributed by atoms with E-state index in [1.165, 1.54) is 0 Å². The van der Waals surface area contributed by atoms with Crippen molar-refractivity contribution in [1.29, 1.82) is 0 Å². The van der Waals surface area contributed by atoms with Gasteiger partial charge in [-0.15, -0.1) is 0 Å². The number of rotatable bonds is 3. The van der Waals surface area contributed by atoms with Gasteiger partial charge in [-0.25, -0.2) is 4.98 Å². The summed E-state index contributed by atoms with van der Waals surface area (Å²) in [5.41, 5.74) is 3.15. The molecule has 0 saturated carbocycles. The summed E-state index contributed by atoms with van der Waals surface area (Å²) in [6.45, 7) is 0.687. The number of pyridine rings is 1. The maximum Gasteiger partial charge on any atom is 0.254 e. The number of hydrogen-bond acceptors (Lipinski definition) is 3. The van der Waals surface area contributed by atoms with Crippen LogP contribution in [0.2, 0.25) is 0 Å². The van der Waals surface area contributed by atoms with Crippen molar-refractivity contribution in [2.75, 3.05) is 13.2 Å². The molecule has 132 valence electrons. The van der Waals surface area contributed by atoms with Gasteiger partial charge in [0.15, 0.2) is 0 Å². The van der Waals surface area contributed by atoms with Gasteiger partial charge in [0.1, 0.15) is 0 Å². The second kappa shape index (κ2) is 7.17. The highest BCUT2D eigenvalue weighted by Gasteiger charge is 2.30. The van der Waals surface area contributed by atoms with Gasteiger partial charge in [0.2, 0.25) is 0 Å². The zero-order chi connectivity index (χ0) is 18.1. The van der Waals surface area contributed by atoms with E-state index >= 15 is 0 Å². The number of hydrogen-bond donors (Lipinski definition) is 1. The summed E-state index contributed by atoms with van der Waals surface area (Å²) in [5, 5.41) is 10.4. The van der Waals surface area contributed by atoms with Crippen LogP contribution in [0.25, 0.3) is 22.2 Å². The Labute approximate surface area is 160 Å². The summed E-state index contributed by atoms with van der Waals surface area (Å²) < 4.78 is 0.863. The van der Waals surface area contributed by atoms with Crippen LogP contribution in [0.4, 0.5) is 0 Å². The van der Waals surface area contributed by atoms with E-state index in [1.807, 2.05) is 54.6 Å². The monoisotopic (exact) mass is 410 g/mol. The number of nitrogens with zero attached hydrogens (tertiary/aromatic N) is 2. The van der Waals surface area contributed by atoms with Gasteiger partial charge in [-0.2, -0.15) is 0 Å². The van der Waals surface area contributed by atoms with Crippen LogP contribution >= 0.6 is 15.9 Å². The molecule has 1 saturated heterocycles. The molecule has 1 aliphatic heterocycles. The third kappa shape index (κ3) is 3.02. The highest BCUT2D eigenvalue weighted by Crippen LogP contribution is 2.31. The van der Waals surface area contributed by atoms with E-state index in [1.54, 1.807) is 4.90 Å². The molecule has 5 heteroatoms. The molecule has 1 atom stereocenters. The number of aromatic nitrogens is 1. The van der Waals surface area contributed by atoms with Crippen molar-refractivity contribution in [1.82, 2.24) is 9.88 Å². The minimum atomic E-state index is -0.0990. The van der Waals surface area contributed by atoms with Gasteiger partial charge in [-0.1, -0.05) is 42.5 Å². The molecule has 1 aliphatic rings. The average molecular weight is 411 g/mol. The van der Waals surface area contributed by atoms with Crippen molar-refractivity contribution < 1.29 is 9.90 Å². The molecule has 3 aromatic rings. The quantitative estimate of drug-likeness (QED) is 0.701. The van der Waals surface area contributed by atoms with E-state index in [9.17, 15) is 9.90 Å². The molecule has 1 aromatic heterocycles. The number of carbonyl (C=O) groups is 1. The minimum absolute atomic E-state index is 0.00396. The normalized spacial score (nSPS) is 17.0. The fourth-order valence-corrected chi connectivity index (χ4v) is 4.05. The molecule has 2 heterocycles. The Morgan fingerprint density at radius 1 is 1.19 bits per heavy atom. The molecular formula is C21H19BrN2O2. The Kier molecular flexibility index (Phi) is 4.74. The van der Waals surface area contributed by atoms with Crippen molar-refractivity contribution in [2.45, 2.75) is 18.9 Å². The highest BCUT2D eigenvalue weighted by molar-refractivity contribution is 9.10. The minimum Gasteiger partial charge on any atom is -0.394 e. The third-order valence-corrected chi connectivity index (χ3v) is 5.58. The zero-order valence-electron chi connectivity index (χ0n) is 14.2. The van der Waals surface area contributed by atoms with Crippen LogP contribution in [0, 0.1) is 0 Å². The van der Waals surface area contributed by atoms with E-state index in [0.717, 1.165) is 39.5 Å². The second-order valence-electron chi connectivity index (χ2n) is 6.53. The Morgan fingerprint density at radius 2 is 2.00 bits per heavy atom. The van der Waals surface area contributed by atoms with Crippen molar-refractivity contribution in [2.24, 2.45) is 0 Å². The molecule has 1 unspecified atom stereocenters. The molecule has 0 bridgehead atoms. The van der Waals surface area contributed by atoms with Gasteiger partial charge in [0.25, 0.3) is 5.91 Å². The molecule has 4 nitrogen and oxygen atoms in total. The van der Waals surface area contributed by atoms with Gasteiger partial charge >= 0.3 is 0 Å². The summed E-state index contributed by atoms with van der Waals surface area (Å²) >= 11 is 3.57. The van der Waals surface area contributed by atoms with Crippen molar-refractivity contribution >= 4 is 32.7 Å². The number of halogens is 1. The van der Waals surface area contributed by atoms with E-state index in [4.69, 9.17) is 4.98 Å². The zero-order valence-corrected chi connectivity index (χ0v) is 15.8. The van der Waals surface area contributed by atoms with Crippen molar-refractivity contribution in [3.8, 4) is 11.3 Å². The maximum atomic E-state index is 13.3. The molecule has 1 N–H and O–H groups in total. The van der Waals surface area contributed by atoms with Crippen LogP contribution in [0.1, 0.15) is 23.2 Å². The largest absolute Gasteiger partial charge is 0.394 e. The summed E-state index contributed by atoms with van der Waals surface area (Å²) in [7, 11) is 0. The van der Waals surface area contributed by atoms with Gasteiger partial charge in [-0.3, -0.25) is 4.79 Å². The van der Waals surface area contributed by atoms with Gasteiger partial charge in [-0.05, 0) is 40.9 Å². The second-order valence-corrected chi connectivity index (χ2v) is 7.39. The molecule has 1 fully saturated rings. The van der Waals surface area contributed by atoms with Gasteiger partial charge in [0, 0.05) is 22.0 Å². The summed E-state index contributed by atoms with van der Waals surface area (Å²) in [6.07, 6.45) is 1.77. The summed E-state index contributed by atoms with van der Waals surface area (Å²) in [4.78, 5) is 19.9. The van der Waals surface area contributed by atoms with E-state index < -0.39 is 0 Å². The molecule has 1 amide bonds.